The van der Waals surface area contributed by atoms with Crippen LogP contribution in [-0.4, -0.2) is 55.6 Å². The highest BCUT2D eigenvalue weighted by atomic mass is 32.2. The molecule has 2 aromatic carbocycles. The molecule has 0 unspecified atom stereocenters. The maximum absolute atomic E-state index is 13.1. The Morgan fingerprint density at radius 2 is 1.94 bits per heavy atom. The summed E-state index contributed by atoms with van der Waals surface area (Å²) in [5.74, 6) is -1.02. The van der Waals surface area contributed by atoms with E-state index in [9.17, 15) is 18.3 Å². The molecule has 4 aromatic rings. The number of carboxylic acid groups (broad SMARTS) is 1. The van der Waals surface area contributed by atoms with Crippen LogP contribution in [0, 0.1) is 6.92 Å². The minimum absolute atomic E-state index is 0.0527. The Kier molecular flexibility index (Phi) is 5.97. The lowest BCUT2D eigenvalue weighted by atomic mass is 10.1. The Balaban J connectivity index is 1.45. The standard InChI is InChI=1S/C25H26N6O4S/c1-16-7-4-5-10-23(16)36(34,35)30(3)14-17-8-6-9-18(11-17)31-24(21(13-26-31)25(32)33)20-12-19(20)22-15-29(2)28-27-22/h4-11,13,15,19-20H,12,14H2,1-3H3,(H,32,33)/t19-,20-/m1/s1. The van der Waals surface area contributed by atoms with Gasteiger partial charge in [0.05, 0.1) is 28.2 Å². The van der Waals surface area contributed by atoms with E-state index >= 15 is 0 Å². The molecule has 2 atom stereocenters. The highest BCUT2D eigenvalue weighted by molar-refractivity contribution is 7.89. The average Bonchev–Trinajstić information content (AvgIpc) is 3.28. The SMILES string of the molecule is Cc1ccccc1S(=O)(=O)N(C)Cc1cccc(-n2ncc(C(=O)O)c2[C@@H]2C[C@H]2c2cn(C)nn2)c1. The molecule has 0 radical (unpaired) electrons. The molecule has 0 spiro atoms. The third kappa shape index (κ3) is 4.31. The summed E-state index contributed by atoms with van der Waals surface area (Å²) < 4.78 is 30.9. The minimum Gasteiger partial charge on any atom is -0.478 e. The van der Waals surface area contributed by atoms with Crippen LogP contribution in [0.1, 0.15) is 51.1 Å². The molecule has 186 valence electrons. The molecule has 5 rings (SSSR count). The van der Waals surface area contributed by atoms with E-state index in [2.05, 4.69) is 15.4 Å². The maximum atomic E-state index is 13.1. The van der Waals surface area contributed by atoms with Gasteiger partial charge in [0.2, 0.25) is 10.0 Å². The molecule has 0 amide bonds. The second-order valence-electron chi connectivity index (χ2n) is 9.12. The first kappa shape index (κ1) is 23.9. The van der Waals surface area contributed by atoms with Gasteiger partial charge in [-0.05, 0) is 42.7 Å². The van der Waals surface area contributed by atoms with E-state index < -0.39 is 16.0 Å². The fourth-order valence-corrected chi connectivity index (χ4v) is 5.97. The highest BCUT2D eigenvalue weighted by Crippen LogP contribution is 2.55. The lowest BCUT2D eigenvalue weighted by Gasteiger charge is -2.19. The number of nitrogens with zero attached hydrogens (tertiary/aromatic N) is 6. The van der Waals surface area contributed by atoms with Crippen molar-refractivity contribution < 1.29 is 18.3 Å². The fraction of sp³-hybridized carbons (Fsp3) is 0.280. The number of hydrogen-bond donors (Lipinski definition) is 1. The third-order valence-electron chi connectivity index (χ3n) is 6.52. The molecule has 0 saturated heterocycles. The van der Waals surface area contributed by atoms with E-state index in [1.54, 1.807) is 54.6 Å². The Labute approximate surface area is 208 Å². The highest BCUT2D eigenvalue weighted by Gasteiger charge is 2.46. The number of sulfonamides is 1. The lowest BCUT2D eigenvalue weighted by molar-refractivity contribution is 0.0695. The van der Waals surface area contributed by atoms with Crippen LogP contribution in [0.25, 0.3) is 5.69 Å². The summed E-state index contributed by atoms with van der Waals surface area (Å²) in [5, 5.41) is 22.4. The molecule has 2 heterocycles. The van der Waals surface area contributed by atoms with Crippen molar-refractivity contribution in [3.63, 3.8) is 0 Å². The van der Waals surface area contributed by atoms with Gasteiger partial charge in [-0.1, -0.05) is 35.5 Å². The quantitative estimate of drug-likeness (QED) is 0.389. The van der Waals surface area contributed by atoms with Crippen LogP contribution in [0.5, 0.6) is 0 Å². The van der Waals surface area contributed by atoms with Gasteiger partial charge in [-0.3, -0.25) is 4.68 Å². The van der Waals surface area contributed by atoms with Crippen molar-refractivity contribution in [2.75, 3.05) is 7.05 Å². The van der Waals surface area contributed by atoms with Gasteiger partial charge < -0.3 is 5.11 Å². The smallest absolute Gasteiger partial charge is 0.339 e. The Hall–Kier alpha value is -3.83. The summed E-state index contributed by atoms with van der Waals surface area (Å²) in [6.45, 7) is 1.92. The van der Waals surface area contributed by atoms with Crippen LogP contribution in [0.4, 0.5) is 0 Å². The molecule has 11 heteroatoms. The predicted octanol–water partition coefficient (Wildman–Crippen LogP) is 3.10. The van der Waals surface area contributed by atoms with Gasteiger partial charge in [0.25, 0.3) is 0 Å². The molecule has 0 aliphatic heterocycles. The molecule has 2 aromatic heterocycles. The summed E-state index contributed by atoms with van der Waals surface area (Å²) >= 11 is 0. The zero-order valence-corrected chi connectivity index (χ0v) is 20.9. The third-order valence-corrected chi connectivity index (χ3v) is 8.48. The monoisotopic (exact) mass is 506 g/mol. The fourth-order valence-electron chi connectivity index (χ4n) is 4.59. The van der Waals surface area contributed by atoms with E-state index in [4.69, 9.17) is 0 Å². The first-order chi connectivity index (χ1) is 17.2. The number of benzene rings is 2. The number of aromatic nitrogens is 5. The maximum Gasteiger partial charge on any atom is 0.339 e. The molecule has 1 aliphatic carbocycles. The van der Waals surface area contributed by atoms with Crippen LogP contribution in [0.15, 0.2) is 65.8 Å². The van der Waals surface area contributed by atoms with Gasteiger partial charge in [0.1, 0.15) is 5.56 Å². The van der Waals surface area contributed by atoms with Crippen molar-refractivity contribution in [2.24, 2.45) is 7.05 Å². The van der Waals surface area contributed by atoms with Gasteiger partial charge in [0, 0.05) is 38.7 Å². The van der Waals surface area contributed by atoms with Gasteiger partial charge in [-0.2, -0.15) is 9.40 Å². The number of aryl methyl sites for hydroxylation is 2. The molecule has 0 bridgehead atoms. The second kappa shape index (κ2) is 8.99. The van der Waals surface area contributed by atoms with Gasteiger partial charge in [0.15, 0.2) is 0 Å². The number of carboxylic acids is 1. The number of carbonyl (C=O) groups is 1. The normalized spacial score (nSPS) is 17.4. The predicted molar refractivity (Wildman–Crippen MR) is 131 cm³/mol. The second-order valence-corrected chi connectivity index (χ2v) is 11.1. The summed E-state index contributed by atoms with van der Waals surface area (Å²) in [4.78, 5) is 12.2. The first-order valence-corrected chi connectivity index (χ1v) is 12.9. The van der Waals surface area contributed by atoms with Crippen LogP contribution in [0.3, 0.4) is 0 Å². The molecular formula is C25H26N6O4S. The molecular weight excluding hydrogens is 480 g/mol. The van der Waals surface area contributed by atoms with E-state index in [1.807, 2.05) is 30.5 Å². The van der Waals surface area contributed by atoms with Crippen molar-refractivity contribution >= 4 is 16.0 Å². The lowest BCUT2D eigenvalue weighted by Crippen LogP contribution is -2.27. The Bertz CT molecular complexity index is 1560. The Morgan fingerprint density at radius 1 is 1.17 bits per heavy atom. The summed E-state index contributed by atoms with van der Waals surface area (Å²) in [6.07, 6.45) is 3.96. The molecule has 1 fully saturated rings. The minimum atomic E-state index is -3.68. The van der Waals surface area contributed by atoms with Crippen molar-refractivity contribution in [3.8, 4) is 5.69 Å². The number of aromatic carboxylic acids is 1. The molecule has 1 aliphatic rings. The summed E-state index contributed by atoms with van der Waals surface area (Å²) in [7, 11) is -0.340. The first-order valence-electron chi connectivity index (χ1n) is 11.5. The van der Waals surface area contributed by atoms with E-state index in [1.165, 1.54) is 10.5 Å². The van der Waals surface area contributed by atoms with Gasteiger partial charge in [-0.25, -0.2) is 17.9 Å². The van der Waals surface area contributed by atoms with Crippen LogP contribution in [0.2, 0.25) is 0 Å². The van der Waals surface area contributed by atoms with E-state index in [0.717, 1.165) is 17.7 Å². The molecule has 10 nitrogen and oxygen atoms in total. The average molecular weight is 507 g/mol. The van der Waals surface area contributed by atoms with Crippen LogP contribution >= 0.6 is 0 Å². The molecule has 36 heavy (non-hydrogen) atoms. The van der Waals surface area contributed by atoms with E-state index in [0.29, 0.717) is 16.9 Å². The topological polar surface area (TPSA) is 123 Å². The zero-order chi connectivity index (χ0) is 25.6. The number of rotatable bonds is 8. The van der Waals surface area contributed by atoms with Crippen molar-refractivity contribution in [1.29, 1.82) is 0 Å². The molecule has 1 N–H and O–H groups in total. The Morgan fingerprint density at radius 3 is 2.64 bits per heavy atom. The van der Waals surface area contributed by atoms with E-state index in [-0.39, 0.29) is 28.8 Å². The van der Waals surface area contributed by atoms with Crippen molar-refractivity contribution in [2.45, 2.75) is 36.6 Å². The van der Waals surface area contributed by atoms with Gasteiger partial charge >= 0.3 is 5.97 Å². The summed E-state index contributed by atoms with van der Waals surface area (Å²) in [6, 6.07) is 14.2. The van der Waals surface area contributed by atoms with Gasteiger partial charge in [-0.15, -0.1) is 5.10 Å². The largest absolute Gasteiger partial charge is 0.478 e. The van der Waals surface area contributed by atoms with Crippen LogP contribution < -0.4 is 0 Å². The van der Waals surface area contributed by atoms with Crippen molar-refractivity contribution in [3.05, 3.63) is 89.0 Å². The summed E-state index contributed by atoms with van der Waals surface area (Å²) in [5.41, 5.74) is 3.69. The van der Waals surface area contributed by atoms with Crippen molar-refractivity contribution in [1.82, 2.24) is 29.1 Å². The number of hydrogen-bond acceptors (Lipinski definition) is 6. The molecule has 1 saturated carbocycles. The zero-order valence-electron chi connectivity index (χ0n) is 20.1. The van der Waals surface area contributed by atoms with Crippen LogP contribution in [-0.2, 0) is 23.6 Å².